The Morgan fingerprint density at radius 1 is 1.35 bits per heavy atom. The number of anilines is 1. The van der Waals surface area contributed by atoms with Crippen LogP contribution in [0, 0.1) is 5.82 Å². The minimum absolute atomic E-state index is 0.0552. The maximum Gasteiger partial charge on any atom is 0.271 e. The topological polar surface area (TPSA) is 58.2 Å². The van der Waals surface area contributed by atoms with Crippen molar-refractivity contribution in [2.45, 2.75) is 10.8 Å². The van der Waals surface area contributed by atoms with Crippen LogP contribution >= 0.6 is 22.9 Å². The van der Waals surface area contributed by atoms with Gasteiger partial charge < -0.3 is 5.32 Å². The third kappa shape index (κ3) is 3.49. The average molecular weight is 335 g/mol. The molecule has 20 heavy (non-hydrogen) atoms. The second-order valence-electron chi connectivity index (χ2n) is 4.04. The Hall–Kier alpha value is -1.15. The van der Waals surface area contributed by atoms with Gasteiger partial charge in [-0.05, 0) is 42.3 Å². The molecule has 0 amide bonds. The molecule has 0 atom stereocenters. The summed E-state index contributed by atoms with van der Waals surface area (Å²) in [6, 6.07) is 5.33. The van der Waals surface area contributed by atoms with E-state index in [2.05, 4.69) is 10.0 Å². The number of thiophene rings is 1. The zero-order valence-electron chi connectivity index (χ0n) is 10.5. The van der Waals surface area contributed by atoms with Crippen molar-refractivity contribution >= 4 is 38.6 Å². The second-order valence-corrected chi connectivity index (χ2v) is 7.27. The van der Waals surface area contributed by atoms with Crippen molar-refractivity contribution in [3.63, 3.8) is 0 Å². The quantitative estimate of drug-likeness (QED) is 0.883. The monoisotopic (exact) mass is 334 g/mol. The van der Waals surface area contributed by atoms with Gasteiger partial charge in [0.25, 0.3) is 10.0 Å². The number of halogens is 2. The van der Waals surface area contributed by atoms with Crippen LogP contribution in [0.25, 0.3) is 0 Å². The molecule has 2 N–H and O–H groups in total. The third-order valence-electron chi connectivity index (χ3n) is 2.45. The molecule has 0 fully saturated rings. The molecule has 4 nitrogen and oxygen atoms in total. The Balaban J connectivity index is 2.23. The maximum atomic E-state index is 13.3. The van der Waals surface area contributed by atoms with E-state index in [-0.39, 0.29) is 14.9 Å². The van der Waals surface area contributed by atoms with Crippen LogP contribution in [0.4, 0.5) is 10.1 Å². The summed E-state index contributed by atoms with van der Waals surface area (Å²) in [4.78, 5) is 0. The number of sulfonamides is 1. The Kier molecular flexibility index (Phi) is 4.64. The molecule has 2 rings (SSSR count). The van der Waals surface area contributed by atoms with Crippen molar-refractivity contribution in [2.75, 3.05) is 11.8 Å². The molecule has 1 aromatic heterocycles. The summed E-state index contributed by atoms with van der Waals surface area (Å²) in [5, 5.41) is 4.64. The highest BCUT2D eigenvalue weighted by atomic mass is 35.5. The van der Waals surface area contributed by atoms with Gasteiger partial charge in [-0.1, -0.05) is 11.6 Å². The van der Waals surface area contributed by atoms with Crippen LogP contribution in [0.5, 0.6) is 0 Å². The van der Waals surface area contributed by atoms with Gasteiger partial charge in [0.15, 0.2) is 0 Å². The molecule has 0 saturated heterocycles. The summed E-state index contributed by atoms with van der Waals surface area (Å²) in [7, 11) is -1.93. The van der Waals surface area contributed by atoms with Gasteiger partial charge in [0.1, 0.15) is 10.0 Å². The van der Waals surface area contributed by atoms with E-state index < -0.39 is 15.8 Å². The molecule has 108 valence electrons. The summed E-state index contributed by atoms with van der Waals surface area (Å²) in [6.07, 6.45) is 0. The minimum atomic E-state index is -3.71. The highest BCUT2D eigenvalue weighted by Gasteiger charge is 2.17. The van der Waals surface area contributed by atoms with E-state index in [1.807, 2.05) is 0 Å². The van der Waals surface area contributed by atoms with Crippen LogP contribution in [0.3, 0.4) is 0 Å². The average Bonchev–Trinajstić information content (AvgIpc) is 2.83. The van der Waals surface area contributed by atoms with Crippen LogP contribution in [0.1, 0.15) is 5.56 Å². The molecule has 0 aliphatic carbocycles. The Labute approximate surface area is 125 Å². The zero-order valence-corrected chi connectivity index (χ0v) is 12.9. The molecule has 2 aromatic rings. The molecule has 0 unspecified atom stereocenters. The fourth-order valence-electron chi connectivity index (χ4n) is 1.56. The van der Waals surface area contributed by atoms with E-state index in [1.54, 1.807) is 18.5 Å². The number of hydrogen-bond donors (Lipinski definition) is 2. The molecular formula is C12H12ClFN2O2S2. The van der Waals surface area contributed by atoms with Gasteiger partial charge in [-0.15, -0.1) is 11.3 Å². The lowest BCUT2D eigenvalue weighted by Crippen LogP contribution is -2.11. The highest BCUT2D eigenvalue weighted by Crippen LogP contribution is 2.25. The molecule has 0 saturated carbocycles. The van der Waals surface area contributed by atoms with E-state index in [0.717, 1.165) is 23.0 Å². The molecule has 0 aliphatic heterocycles. The number of rotatable bonds is 5. The van der Waals surface area contributed by atoms with Crippen LogP contribution < -0.4 is 10.0 Å². The third-order valence-corrected chi connectivity index (χ3v) is 5.62. The van der Waals surface area contributed by atoms with E-state index in [9.17, 15) is 12.8 Å². The minimum Gasteiger partial charge on any atom is -0.316 e. The van der Waals surface area contributed by atoms with Crippen molar-refractivity contribution in [1.29, 1.82) is 0 Å². The van der Waals surface area contributed by atoms with E-state index in [0.29, 0.717) is 6.54 Å². The predicted molar refractivity (Wildman–Crippen MR) is 79.3 cm³/mol. The van der Waals surface area contributed by atoms with Crippen LogP contribution in [-0.2, 0) is 16.6 Å². The first-order valence-electron chi connectivity index (χ1n) is 5.62. The SMILES string of the molecule is CNCc1csc(S(=O)(=O)Nc2ccc(Cl)c(F)c2)c1. The standard InChI is InChI=1S/C12H12ClFN2O2S2/c1-15-6-8-4-12(19-7-8)20(17,18)16-9-2-3-10(13)11(14)5-9/h2-5,7,15-16H,6H2,1H3. The van der Waals surface area contributed by atoms with Crippen molar-refractivity contribution in [1.82, 2.24) is 5.32 Å². The molecular weight excluding hydrogens is 323 g/mol. The first kappa shape index (κ1) is 15.2. The van der Waals surface area contributed by atoms with Crippen LogP contribution in [0.2, 0.25) is 5.02 Å². The number of benzene rings is 1. The van der Waals surface area contributed by atoms with Gasteiger partial charge in [0, 0.05) is 6.54 Å². The molecule has 0 bridgehead atoms. The van der Waals surface area contributed by atoms with Gasteiger partial charge in [-0.2, -0.15) is 0 Å². The van der Waals surface area contributed by atoms with Gasteiger partial charge in [-0.25, -0.2) is 12.8 Å². The first-order valence-corrected chi connectivity index (χ1v) is 8.36. The molecule has 0 aliphatic rings. The number of hydrogen-bond acceptors (Lipinski definition) is 4. The molecule has 1 aromatic carbocycles. The summed E-state index contributed by atoms with van der Waals surface area (Å²) in [5.41, 5.74) is 1.01. The van der Waals surface area contributed by atoms with Gasteiger partial charge in [0.2, 0.25) is 0 Å². The van der Waals surface area contributed by atoms with E-state index >= 15 is 0 Å². The van der Waals surface area contributed by atoms with E-state index in [1.165, 1.54) is 12.1 Å². The lowest BCUT2D eigenvalue weighted by atomic mass is 10.3. The Morgan fingerprint density at radius 2 is 2.10 bits per heavy atom. The fraction of sp³-hybridized carbons (Fsp3) is 0.167. The summed E-state index contributed by atoms with van der Waals surface area (Å²) < 4.78 is 40.1. The summed E-state index contributed by atoms with van der Waals surface area (Å²) >= 11 is 6.66. The first-order chi connectivity index (χ1) is 9.42. The maximum absolute atomic E-state index is 13.3. The fourth-order valence-corrected chi connectivity index (χ4v) is 3.93. The summed E-state index contributed by atoms with van der Waals surface area (Å²) in [6.45, 7) is 0.585. The molecule has 0 radical (unpaired) electrons. The second kappa shape index (κ2) is 6.09. The van der Waals surface area contributed by atoms with Gasteiger partial charge >= 0.3 is 0 Å². The highest BCUT2D eigenvalue weighted by molar-refractivity contribution is 7.94. The number of nitrogens with one attached hydrogen (secondary N) is 2. The van der Waals surface area contributed by atoms with Crippen molar-refractivity contribution < 1.29 is 12.8 Å². The molecule has 0 spiro atoms. The van der Waals surface area contributed by atoms with Crippen molar-refractivity contribution in [3.05, 3.63) is 46.0 Å². The Morgan fingerprint density at radius 3 is 2.75 bits per heavy atom. The van der Waals surface area contributed by atoms with Gasteiger partial charge in [0.05, 0.1) is 10.7 Å². The van der Waals surface area contributed by atoms with Crippen molar-refractivity contribution in [2.24, 2.45) is 0 Å². The predicted octanol–water partition coefficient (Wildman–Crippen LogP) is 3.06. The van der Waals surface area contributed by atoms with Crippen LogP contribution in [-0.4, -0.2) is 15.5 Å². The normalized spacial score (nSPS) is 11.6. The lowest BCUT2D eigenvalue weighted by molar-refractivity contribution is 0.603. The van der Waals surface area contributed by atoms with Crippen molar-refractivity contribution in [3.8, 4) is 0 Å². The summed E-state index contributed by atoms with van der Waals surface area (Å²) in [5.74, 6) is -0.672. The Bertz CT molecular complexity index is 716. The lowest BCUT2D eigenvalue weighted by Gasteiger charge is -2.06. The zero-order chi connectivity index (χ0) is 14.8. The smallest absolute Gasteiger partial charge is 0.271 e. The largest absolute Gasteiger partial charge is 0.316 e. The molecule has 8 heteroatoms. The molecule has 1 heterocycles. The van der Waals surface area contributed by atoms with Crippen LogP contribution in [0.15, 0.2) is 33.9 Å². The van der Waals surface area contributed by atoms with E-state index in [4.69, 9.17) is 11.6 Å². The van der Waals surface area contributed by atoms with Gasteiger partial charge in [-0.3, -0.25) is 4.72 Å².